The van der Waals surface area contributed by atoms with Gasteiger partial charge in [-0.3, -0.25) is 9.59 Å². The lowest BCUT2D eigenvalue weighted by atomic mass is 10.1. The van der Waals surface area contributed by atoms with Gasteiger partial charge in [-0.25, -0.2) is 0 Å². The molecule has 0 unspecified atom stereocenters. The minimum atomic E-state index is -0.0751. The fourth-order valence-electron chi connectivity index (χ4n) is 2.97. The molecule has 0 fully saturated rings. The Balaban J connectivity index is 2.08. The summed E-state index contributed by atoms with van der Waals surface area (Å²) in [7, 11) is 0. The third kappa shape index (κ3) is 6.93. The van der Waals surface area contributed by atoms with Gasteiger partial charge in [-0.1, -0.05) is 44.2 Å². The first-order valence-corrected chi connectivity index (χ1v) is 9.47. The minimum absolute atomic E-state index is 0.0594. The van der Waals surface area contributed by atoms with Crippen LogP contribution in [0.25, 0.3) is 0 Å². The number of nitrogens with zero attached hydrogens (tertiary/aromatic N) is 2. The third-order valence-corrected chi connectivity index (χ3v) is 4.37. The fourth-order valence-corrected chi connectivity index (χ4v) is 2.97. The number of hydrogen-bond donors (Lipinski definition) is 0. The first-order valence-electron chi connectivity index (χ1n) is 9.47. The van der Waals surface area contributed by atoms with Crippen LogP contribution in [0.1, 0.15) is 37.9 Å². The lowest BCUT2D eigenvalue weighted by Gasteiger charge is -2.27. The summed E-state index contributed by atoms with van der Waals surface area (Å²) >= 11 is 0. The molecule has 1 aromatic carbocycles. The molecule has 0 N–H and O–H groups in total. The van der Waals surface area contributed by atoms with E-state index >= 15 is 0 Å². The van der Waals surface area contributed by atoms with Gasteiger partial charge in [0.1, 0.15) is 11.5 Å². The monoisotopic (exact) mass is 370 g/mol. The number of aryl methyl sites for hydroxylation is 1. The average Bonchev–Trinajstić information content (AvgIpc) is 3.03. The van der Waals surface area contributed by atoms with Crippen molar-refractivity contribution in [2.75, 3.05) is 19.6 Å². The molecule has 5 nitrogen and oxygen atoms in total. The Morgan fingerprint density at radius 1 is 1.04 bits per heavy atom. The van der Waals surface area contributed by atoms with Crippen LogP contribution in [-0.4, -0.2) is 41.2 Å². The molecule has 1 aromatic heterocycles. The second kappa shape index (κ2) is 9.95. The molecule has 2 amide bonds. The highest BCUT2D eigenvalue weighted by Crippen LogP contribution is 2.12. The van der Waals surface area contributed by atoms with E-state index in [9.17, 15) is 9.59 Å². The van der Waals surface area contributed by atoms with Gasteiger partial charge in [0.15, 0.2) is 0 Å². The van der Waals surface area contributed by atoms with E-state index in [1.165, 1.54) is 12.5 Å². The van der Waals surface area contributed by atoms with Crippen LogP contribution in [0.15, 0.2) is 46.9 Å². The molecule has 0 aliphatic heterocycles. The van der Waals surface area contributed by atoms with Crippen molar-refractivity contribution in [2.24, 2.45) is 5.92 Å². The van der Waals surface area contributed by atoms with Crippen molar-refractivity contribution in [3.8, 4) is 0 Å². The van der Waals surface area contributed by atoms with Gasteiger partial charge >= 0.3 is 0 Å². The second-order valence-electron chi connectivity index (χ2n) is 7.36. The normalized spacial score (nSPS) is 10.9. The van der Waals surface area contributed by atoms with Gasteiger partial charge in [0.05, 0.1) is 13.1 Å². The molecule has 0 aliphatic rings. The highest BCUT2D eigenvalue weighted by atomic mass is 16.3. The molecular formula is C22H30N2O3. The van der Waals surface area contributed by atoms with E-state index in [-0.39, 0.29) is 18.4 Å². The number of benzene rings is 1. The van der Waals surface area contributed by atoms with E-state index in [4.69, 9.17) is 4.42 Å². The molecule has 0 bridgehead atoms. The van der Waals surface area contributed by atoms with Crippen LogP contribution in [0, 0.1) is 12.8 Å². The maximum atomic E-state index is 13.0. The van der Waals surface area contributed by atoms with Crippen molar-refractivity contribution in [3.05, 3.63) is 59.5 Å². The first kappa shape index (κ1) is 20.7. The van der Waals surface area contributed by atoms with Crippen molar-refractivity contribution >= 4 is 11.8 Å². The van der Waals surface area contributed by atoms with E-state index in [2.05, 4.69) is 12.1 Å². The van der Waals surface area contributed by atoms with Crippen LogP contribution in [-0.2, 0) is 22.6 Å². The molecule has 1 heterocycles. The summed E-state index contributed by atoms with van der Waals surface area (Å²) in [5.74, 6) is 1.76. The smallest absolute Gasteiger partial charge is 0.242 e. The molecule has 0 atom stereocenters. The maximum absolute atomic E-state index is 13.0. The summed E-state index contributed by atoms with van der Waals surface area (Å²) in [6.45, 7) is 9.15. The highest BCUT2D eigenvalue weighted by Gasteiger charge is 2.21. The Morgan fingerprint density at radius 3 is 2.30 bits per heavy atom. The van der Waals surface area contributed by atoms with Crippen LogP contribution in [0.3, 0.4) is 0 Å². The van der Waals surface area contributed by atoms with Crippen LogP contribution in [0.2, 0.25) is 0 Å². The van der Waals surface area contributed by atoms with Crippen LogP contribution in [0.5, 0.6) is 0 Å². The molecule has 2 aromatic rings. The molecule has 2 rings (SSSR count). The maximum Gasteiger partial charge on any atom is 0.242 e. The van der Waals surface area contributed by atoms with Gasteiger partial charge in [-0.05, 0) is 37.0 Å². The number of rotatable bonds is 9. The largest absolute Gasteiger partial charge is 0.464 e. The van der Waals surface area contributed by atoms with E-state index in [0.717, 1.165) is 17.9 Å². The van der Waals surface area contributed by atoms with E-state index in [1.54, 1.807) is 9.80 Å². The number of hydrogen-bond acceptors (Lipinski definition) is 3. The lowest BCUT2D eigenvalue weighted by molar-refractivity contribution is -0.140. The molecule has 5 heteroatoms. The highest BCUT2D eigenvalue weighted by molar-refractivity contribution is 5.83. The topological polar surface area (TPSA) is 53.8 Å². The van der Waals surface area contributed by atoms with Crippen molar-refractivity contribution in [1.82, 2.24) is 9.80 Å². The number of carbonyl (C=O) groups is 2. The summed E-state index contributed by atoms with van der Waals surface area (Å²) in [6, 6.07) is 13.9. The predicted molar refractivity (Wildman–Crippen MR) is 106 cm³/mol. The molecule has 0 spiro atoms. The molecular weight excluding hydrogens is 340 g/mol. The number of amides is 2. The molecule has 0 radical (unpaired) electrons. The van der Waals surface area contributed by atoms with Gasteiger partial charge in [-0.2, -0.15) is 0 Å². The van der Waals surface area contributed by atoms with Crippen LogP contribution in [0.4, 0.5) is 0 Å². The van der Waals surface area contributed by atoms with Gasteiger partial charge < -0.3 is 14.2 Å². The zero-order valence-electron chi connectivity index (χ0n) is 16.8. The summed E-state index contributed by atoms with van der Waals surface area (Å²) in [5.41, 5.74) is 1.18. The van der Waals surface area contributed by atoms with E-state index < -0.39 is 0 Å². The van der Waals surface area contributed by atoms with Crippen molar-refractivity contribution in [3.63, 3.8) is 0 Å². The Kier molecular flexibility index (Phi) is 7.65. The number of carbonyl (C=O) groups excluding carboxylic acids is 2. The minimum Gasteiger partial charge on any atom is -0.464 e. The van der Waals surface area contributed by atoms with Crippen LogP contribution >= 0.6 is 0 Å². The summed E-state index contributed by atoms with van der Waals surface area (Å²) < 4.78 is 5.66. The zero-order valence-corrected chi connectivity index (χ0v) is 16.8. The quantitative estimate of drug-likeness (QED) is 0.677. The average molecular weight is 370 g/mol. The Labute approximate surface area is 162 Å². The van der Waals surface area contributed by atoms with Crippen molar-refractivity contribution < 1.29 is 14.0 Å². The van der Waals surface area contributed by atoms with Gasteiger partial charge in [0, 0.05) is 20.0 Å². The predicted octanol–water partition coefficient (Wildman–Crippen LogP) is 3.66. The van der Waals surface area contributed by atoms with Gasteiger partial charge in [0.25, 0.3) is 0 Å². The van der Waals surface area contributed by atoms with Gasteiger partial charge in [-0.15, -0.1) is 0 Å². The molecule has 0 aliphatic carbocycles. The Hall–Kier alpha value is -2.56. The SMILES string of the molecule is CC(=O)N(CC(=O)N(CCc1ccccc1)Cc1ccc(C)o1)CC(C)C. The standard InChI is InChI=1S/C22H30N2O3/c1-17(2)14-24(19(4)25)16-22(26)23(15-21-11-10-18(3)27-21)13-12-20-8-6-5-7-9-20/h5-11,17H,12-16H2,1-4H3. The number of furan rings is 1. The van der Waals surface area contributed by atoms with Gasteiger partial charge in [0.2, 0.25) is 11.8 Å². The third-order valence-electron chi connectivity index (χ3n) is 4.37. The molecule has 146 valence electrons. The lowest BCUT2D eigenvalue weighted by Crippen LogP contribution is -2.43. The van der Waals surface area contributed by atoms with Crippen molar-refractivity contribution in [1.29, 1.82) is 0 Å². The van der Waals surface area contributed by atoms with Crippen molar-refractivity contribution in [2.45, 2.75) is 40.7 Å². The summed E-state index contributed by atoms with van der Waals surface area (Å²) in [4.78, 5) is 28.3. The fraction of sp³-hybridized carbons (Fsp3) is 0.455. The van der Waals surface area contributed by atoms with E-state index in [0.29, 0.717) is 25.6 Å². The second-order valence-corrected chi connectivity index (χ2v) is 7.36. The summed E-state index contributed by atoms with van der Waals surface area (Å²) in [6.07, 6.45) is 0.760. The Morgan fingerprint density at radius 2 is 1.74 bits per heavy atom. The Bertz CT molecular complexity index is 737. The zero-order chi connectivity index (χ0) is 19.8. The van der Waals surface area contributed by atoms with E-state index in [1.807, 2.05) is 51.1 Å². The van der Waals surface area contributed by atoms with Crippen LogP contribution < -0.4 is 0 Å². The summed E-state index contributed by atoms with van der Waals surface area (Å²) in [5, 5.41) is 0. The first-order chi connectivity index (χ1) is 12.8. The molecule has 0 saturated heterocycles. The molecule has 0 saturated carbocycles. The molecule has 27 heavy (non-hydrogen) atoms.